The van der Waals surface area contributed by atoms with Gasteiger partial charge in [0.05, 0.1) is 11.4 Å². The second kappa shape index (κ2) is 3.92. The van der Waals surface area contributed by atoms with E-state index in [1.54, 1.807) is 5.38 Å². The van der Waals surface area contributed by atoms with E-state index in [2.05, 4.69) is 15.4 Å². The fraction of sp³-hybridized carbons (Fsp3) is 0.286. The van der Waals surface area contributed by atoms with Crippen LogP contribution in [0.15, 0.2) is 16.3 Å². The SMILES string of the molecule is CCn1nnc(-c2sccc2S(N)(=O)=O)n1. The quantitative estimate of drug-likeness (QED) is 0.840. The standard InChI is InChI=1S/C7H9N5O2S2/c1-2-12-10-7(9-11-12)6-5(3-4-15-6)16(8,13)14/h3-4H,2H2,1H3,(H2,8,13,14). The molecule has 0 aliphatic carbocycles. The van der Waals surface area contributed by atoms with E-state index >= 15 is 0 Å². The van der Waals surface area contributed by atoms with Crippen LogP contribution in [0.5, 0.6) is 0 Å². The van der Waals surface area contributed by atoms with E-state index in [1.165, 1.54) is 22.2 Å². The average Bonchev–Trinajstić information content (AvgIpc) is 2.84. The zero-order valence-corrected chi connectivity index (χ0v) is 9.99. The Kier molecular flexibility index (Phi) is 2.74. The smallest absolute Gasteiger partial charge is 0.225 e. The molecule has 0 atom stereocenters. The fourth-order valence-electron chi connectivity index (χ4n) is 1.15. The molecule has 2 aromatic heterocycles. The van der Waals surface area contributed by atoms with Gasteiger partial charge in [-0.3, -0.25) is 0 Å². The lowest BCUT2D eigenvalue weighted by atomic mass is 10.4. The van der Waals surface area contributed by atoms with Crippen molar-refractivity contribution in [2.45, 2.75) is 18.4 Å². The molecule has 0 saturated carbocycles. The number of hydrogen-bond acceptors (Lipinski definition) is 6. The summed E-state index contributed by atoms with van der Waals surface area (Å²) in [4.78, 5) is 1.83. The van der Waals surface area contributed by atoms with Crippen LogP contribution >= 0.6 is 11.3 Å². The molecule has 2 heterocycles. The van der Waals surface area contributed by atoms with Crippen LogP contribution < -0.4 is 5.14 Å². The van der Waals surface area contributed by atoms with Gasteiger partial charge in [0.1, 0.15) is 4.90 Å². The minimum Gasteiger partial charge on any atom is -0.225 e. The van der Waals surface area contributed by atoms with Gasteiger partial charge < -0.3 is 0 Å². The molecule has 0 unspecified atom stereocenters. The molecule has 7 nitrogen and oxygen atoms in total. The van der Waals surface area contributed by atoms with E-state index < -0.39 is 10.0 Å². The van der Waals surface area contributed by atoms with Crippen LogP contribution in [0.3, 0.4) is 0 Å². The molecule has 0 radical (unpaired) electrons. The maximum Gasteiger partial charge on any atom is 0.239 e. The van der Waals surface area contributed by atoms with Gasteiger partial charge in [0, 0.05) is 0 Å². The highest BCUT2D eigenvalue weighted by Crippen LogP contribution is 2.28. The van der Waals surface area contributed by atoms with Gasteiger partial charge in [-0.05, 0) is 23.6 Å². The molecule has 0 aromatic carbocycles. The first kappa shape index (κ1) is 11.2. The van der Waals surface area contributed by atoms with Crippen LogP contribution in [-0.4, -0.2) is 28.6 Å². The van der Waals surface area contributed by atoms with E-state index in [1.807, 2.05) is 6.92 Å². The summed E-state index contributed by atoms with van der Waals surface area (Å²) in [6.45, 7) is 2.43. The van der Waals surface area contributed by atoms with Gasteiger partial charge in [0.15, 0.2) is 0 Å². The molecule has 2 N–H and O–H groups in total. The number of aryl methyl sites for hydroxylation is 1. The Morgan fingerprint density at radius 2 is 2.31 bits per heavy atom. The van der Waals surface area contributed by atoms with Gasteiger partial charge in [-0.15, -0.1) is 21.5 Å². The van der Waals surface area contributed by atoms with Crippen LogP contribution in [0.2, 0.25) is 0 Å². The Morgan fingerprint density at radius 1 is 1.56 bits per heavy atom. The molecule has 16 heavy (non-hydrogen) atoms. The number of aromatic nitrogens is 4. The summed E-state index contributed by atoms with van der Waals surface area (Å²) in [5, 5.41) is 18.3. The van der Waals surface area contributed by atoms with Crippen LogP contribution in [0, 0.1) is 0 Å². The van der Waals surface area contributed by atoms with Crippen molar-refractivity contribution in [2.24, 2.45) is 5.14 Å². The highest BCUT2D eigenvalue weighted by Gasteiger charge is 2.19. The number of rotatable bonds is 3. The molecular formula is C7H9N5O2S2. The molecule has 2 rings (SSSR count). The van der Waals surface area contributed by atoms with Crippen molar-refractivity contribution in [3.8, 4) is 10.7 Å². The zero-order chi connectivity index (χ0) is 11.8. The van der Waals surface area contributed by atoms with Crippen LogP contribution in [0.25, 0.3) is 10.7 Å². The third kappa shape index (κ3) is 1.96. The molecule has 0 bridgehead atoms. The second-order valence-electron chi connectivity index (χ2n) is 2.96. The van der Waals surface area contributed by atoms with Crippen molar-refractivity contribution in [1.29, 1.82) is 0 Å². The number of hydrogen-bond donors (Lipinski definition) is 1. The third-order valence-corrected chi connectivity index (χ3v) is 3.87. The first-order valence-corrected chi connectivity index (χ1v) is 6.83. The Labute approximate surface area is 95.9 Å². The summed E-state index contributed by atoms with van der Waals surface area (Å²) in [7, 11) is -3.74. The molecule has 0 spiro atoms. The third-order valence-electron chi connectivity index (χ3n) is 1.87. The van der Waals surface area contributed by atoms with Gasteiger partial charge in [0.2, 0.25) is 15.8 Å². The molecule has 0 fully saturated rings. The summed E-state index contributed by atoms with van der Waals surface area (Å²) in [6, 6.07) is 1.43. The molecule has 9 heteroatoms. The summed E-state index contributed by atoms with van der Waals surface area (Å²) < 4.78 is 22.5. The van der Waals surface area contributed by atoms with Crippen LogP contribution in [-0.2, 0) is 16.6 Å². The van der Waals surface area contributed by atoms with Crippen LogP contribution in [0.1, 0.15) is 6.92 Å². The van der Waals surface area contributed by atoms with Crippen molar-refractivity contribution in [2.75, 3.05) is 0 Å². The van der Waals surface area contributed by atoms with Gasteiger partial charge >= 0.3 is 0 Å². The lowest BCUT2D eigenvalue weighted by Gasteiger charge is -1.95. The molecule has 0 amide bonds. The summed E-state index contributed by atoms with van der Waals surface area (Å²) >= 11 is 1.22. The highest BCUT2D eigenvalue weighted by atomic mass is 32.2. The topological polar surface area (TPSA) is 104 Å². The number of nitrogens with two attached hydrogens (primary N) is 1. The maximum atomic E-state index is 11.3. The van der Waals surface area contributed by atoms with Crippen molar-refractivity contribution in [1.82, 2.24) is 20.2 Å². The van der Waals surface area contributed by atoms with Crippen LogP contribution in [0.4, 0.5) is 0 Å². The van der Waals surface area contributed by atoms with E-state index in [0.29, 0.717) is 11.4 Å². The first-order valence-electron chi connectivity index (χ1n) is 4.41. The van der Waals surface area contributed by atoms with Crippen molar-refractivity contribution >= 4 is 21.4 Å². The average molecular weight is 259 g/mol. The fourth-order valence-corrected chi connectivity index (χ4v) is 3.05. The van der Waals surface area contributed by atoms with Gasteiger partial charge in [-0.25, -0.2) is 13.6 Å². The Bertz CT molecular complexity index is 600. The summed E-state index contributed by atoms with van der Waals surface area (Å²) in [5.74, 6) is 0.279. The Balaban J connectivity index is 2.53. The lowest BCUT2D eigenvalue weighted by molar-refractivity contribution is 0.552. The van der Waals surface area contributed by atoms with Gasteiger partial charge in [-0.1, -0.05) is 0 Å². The molecule has 0 aliphatic rings. The van der Waals surface area contributed by atoms with E-state index in [-0.39, 0.29) is 10.7 Å². The minimum atomic E-state index is -3.74. The Morgan fingerprint density at radius 3 is 2.88 bits per heavy atom. The van der Waals surface area contributed by atoms with Gasteiger partial charge in [0.25, 0.3) is 0 Å². The Hall–Kier alpha value is -1.32. The van der Waals surface area contributed by atoms with E-state index in [0.717, 1.165) is 0 Å². The largest absolute Gasteiger partial charge is 0.239 e. The van der Waals surface area contributed by atoms with E-state index in [9.17, 15) is 8.42 Å². The number of thiophene rings is 1. The first-order chi connectivity index (χ1) is 7.52. The summed E-state index contributed by atoms with van der Waals surface area (Å²) in [5.41, 5.74) is 0. The number of primary sulfonamides is 1. The maximum absolute atomic E-state index is 11.3. The summed E-state index contributed by atoms with van der Waals surface area (Å²) in [6.07, 6.45) is 0. The monoisotopic (exact) mass is 259 g/mol. The predicted molar refractivity (Wildman–Crippen MR) is 58.2 cm³/mol. The van der Waals surface area contributed by atoms with Crippen molar-refractivity contribution < 1.29 is 8.42 Å². The van der Waals surface area contributed by atoms with Crippen molar-refractivity contribution in [3.05, 3.63) is 11.4 Å². The molecule has 86 valence electrons. The second-order valence-corrected chi connectivity index (χ2v) is 5.41. The minimum absolute atomic E-state index is 0.0353. The van der Waals surface area contributed by atoms with Crippen molar-refractivity contribution in [3.63, 3.8) is 0 Å². The lowest BCUT2D eigenvalue weighted by Crippen LogP contribution is -2.12. The highest BCUT2D eigenvalue weighted by molar-refractivity contribution is 7.89. The normalized spacial score (nSPS) is 11.9. The predicted octanol–water partition coefficient (Wildman–Crippen LogP) is 0.0689. The number of tetrazole rings is 1. The zero-order valence-electron chi connectivity index (χ0n) is 8.36. The number of sulfonamides is 1. The molecule has 0 saturated heterocycles. The molecule has 2 aromatic rings. The number of nitrogens with zero attached hydrogens (tertiary/aromatic N) is 4. The van der Waals surface area contributed by atoms with E-state index in [4.69, 9.17) is 5.14 Å². The molecule has 0 aliphatic heterocycles. The molecular weight excluding hydrogens is 250 g/mol. The van der Waals surface area contributed by atoms with Gasteiger partial charge in [-0.2, -0.15) is 4.80 Å².